The molecule has 4 heteroatoms. The molecule has 1 amide bonds. The van der Waals surface area contributed by atoms with Crippen molar-refractivity contribution >= 4 is 11.9 Å². The van der Waals surface area contributed by atoms with E-state index in [1.165, 1.54) is 6.92 Å². The van der Waals surface area contributed by atoms with Crippen molar-refractivity contribution in [1.82, 2.24) is 5.32 Å². The molecule has 4 nitrogen and oxygen atoms in total. The molecule has 2 N–H and O–H groups in total. The van der Waals surface area contributed by atoms with Crippen LogP contribution in [0.15, 0.2) is 0 Å². The molecule has 4 aliphatic rings. The Bertz CT molecular complexity index is 376. The Labute approximate surface area is 101 Å². The van der Waals surface area contributed by atoms with Gasteiger partial charge in [0.25, 0.3) is 0 Å². The van der Waals surface area contributed by atoms with Crippen LogP contribution in [-0.2, 0) is 9.59 Å². The molecule has 4 aliphatic carbocycles. The molecule has 0 aromatic rings. The molecule has 0 heterocycles. The highest BCUT2D eigenvalue weighted by molar-refractivity contribution is 5.77. The number of hydrogen-bond acceptors (Lipinski definition) is 2. The predicted molar refractivity (Wildman–Crippen MR) is 61.3 cm³/mol. The van der Waals surface area contributed by atoms with Crippen LogP contribution in [0, 0.1) is 17.3 Å². The van der Waals surface area contributed by atoms with E-state index >= 15 is 0 Å². The van der Waals surface area contributed by atoms with Crippen LogP contribution >= 0.6 is 0 Å². The summed E-state index contributed by atoms with van der Waals surface area (Å²) in [4.78, 5) is 22.9. The second-order valence-electron chi connectivity index (χ2n) is 6.51. The highest BCUT2D eigenvalue weighted by Gasteiger charge is 2.61. The van der Waals surface area contributed by atoms with Crippen molar-refractivity contribution in [3.63, 3.8) is 0 Å². The summed E-state index contributed by atoms with van der Waals surface area (Å²) in [5.74, 6) is 0.326. The zero-order valence-electron chi connectivity index (χ0n) is 10.2. The van der Waals surface area contributed by atoms with Gasteiger partial charge in [-0.25, -0.2) is 0 Å². The van der Waals surface area contributed by atoms with E-state index in [2.05, 4.69) is 5.32 Å². The molecule has 0 spiro atoms. The molecule has 4 bridgehead atoms. The molecule has 0 radical (unpaired) electrons. The summed E-state index contributed by atoms with van der Waals surface area (Å²) in [5.41, 5.74) is -0.763. The molecule has 2 atom stereocenters. The molecule has 94 valence electrons. The van der Waals surface area contributed by atoms with Crippen molar-refractivity contribution in [2.24, 2.45) is 17.3 Å². The monoisotopic (exact) mass is 237 g/mol. The van der Waals surface area contributed by atoms with E-state index in [4.69, 9.17) is 0 Å². The van der Waals surface area contributed by atoms with Crippen LogP contribution in [0.4, 0.5) is 0 Å². The lowest BCUT2D eigenvalue weighted by Gasteiger charge is -2.60. The van der Waals surface area contributed by atoms with Gasteiger partial charge in [0.15, 0.2) is 0 Å². The van der Waals surface area contributed by atoms with Crippen LogP contribution < -0.4 is 5.32 Å². The number of rotatable bonds is 2. The molecule has 4 fully saturated rings. The van der Waals surface area contributed by atoms with E-state index < -0.39 is 11.4 Å². The topological polar surface area (TPSA) is 66.4 Å². The van der Waals surface area contributed by atoms with Gasteiger partial charge in [0.05, 0.1) is 5.41 Å². The maximum atomic E-state index is 11.6. The molecule has 0 unspecified atom stereocenters. The summed E-state index contributed by atoms with van der Waals surface area (Å²) < 4.78 is 0. The van der Waals surface area contributed by atoms with Crippen LogP contribution in [0.3, 0.4) is 0 Å². The second kappa shape index (κ2) is 3.24. The highest BCUT2D eigenvalue weighted by atomic mass is 16.4. The minimum absolute atomic E-state index is 0.0208. The number of carboxylic acids is 1. The first-order valence-electron chi connectivity index (χ1n) is 6.45. The van der Waals surface area contributed by atoms with Gasteiger partial charge in [0.1, 0.15) is 0 Å². The van der Waals surface area contributed by atoms with Crippen molar-refractivity contribution in [3.05, 3.63) is 0 Å². The fourth-order valence-electron chi connectivity index (χ4n) is 5.03. The smallest absolute Gasteiger partial charge is 0.309 e. The van der Waals surface area contributed by atoms with Crippen LogP contribution in [0.2, 0.25) is 0 Å². The van der Waals surface area contributed by atoms with E-state index in [9.17, 15) is 14.7 Å². The number of amides is 1. The first-order chi connectivity index (χ1) is 7.93. The van der Waals surface area contributed by atoms with Crippen molar-refractivity contribution in [2.75, 3.05) is 0 Å². The van der Waals surface area contributed by atoms with Gasteiger partial charge in [-0.05, 0) is 50.4 Å². The number of carboxylic acid groups (broad SMARTS) is 1. The molecule has 0 aromatic heterocycles. The lowest BCUT2D eigenvalue weighted by molar-refractivity contribution is -0.169. The van der Waals surface area contributed by atoms with Crippen molar-refractivity contribution in [3.8, 4) is 0 Å². The Balaban J connectivity index is 1.94. The molecule has 0 saturated heterocycles. The predicted octanol–water partition coefficient (Wildman–Crippen LogP) is 1.55. The molecule has 0 aliphatic heterocycles. The van der Waals surface area contributed by atoms with E-state index in [1.807, 2.05) is 0 Å². The van der Waals surface area contributed by atoms with Gasteiger partial charge in [-0.3, -0.25) is 9.59 Å². The molecule has 4 rings (SSSR count). The molecular formula is C13H19NO3. The minimum atomic E-state index is -0.652. The quantitative estimate of drug-likeness (QED) is 0.765. The third kappa shape index (κ3) is 1.57. The number of carbonyl (C=O) groups excluding carboxylic acids is 1. The average Bonchev–Trinajstić information content (AvgIpc) is 2.12. The molecule has 0 aromatic carbocycles. The van der Waals surface area contributed by atoms with Crippen molar-refractivity contribution < 1.29 is 14.7 Å². The third-order valence-electron chi connectivity index (χ3n) is 4.96. The van der Waals surface area contributed by atoms with Crippen molar-refractivity contribution in [2.45, 2.75) is 51.0 Å². The number of aliphatic carboxylic acids is 1. The van der Waals surface area contributed by atoms with Crippen molar-refractivity contribution in [1.29, 1.82) is 0 Å². The maximum Gasteiger partial charge on any atom is 0.309 e. The summed E-state index contributed by atoms with van der Waals surface area (Å²) in [5, 5.41) is 12.6. The first kappa shape index (κ1) is 11.1. The summed E-state index contributed by atoms with van der Waals surface area (Å²) in [6.07, 6.45) is 5.41. The van der Waals surface area contributed by atoms with Gasteiger partial charge in [0.2, 0.25) is 5.91 Å². The summed E-state index contributed by atoms with van der Waals surface area (Å²) in [6, 6.07) is 0. The maximum absolute atomic E-state index is 11.6. The largest absolute Gasteiger partial charge is 0.481 e. The van der Waals surface area contributed by atoms with E-state index in [0.29, 0.717) is 18.3 Å². The SMILES string of the molecule is CC(=O)NC12C[C@@H]3C[C@@H](C1)CC(C(=O)O)(C3)C2. The third-order valence-corrected chi connectivity index (χ3v) is 4.96. The molecular weight excluding hydrogens is 218 g/mol. The lowest BCUT2D eigenvalue weighted by Crippen LogP contribution is -2.64. The fourth-order valence-corrected chi connectivity index (χ4v) is 5.03. The van der Waals surface area contributed by atoms with Gasteiger partial charge < -0.3 is 10.4 Å². The zero-order chi connectivity index (χ0) is 12.3. The number of carbonyl (C=O) groups is 2. The molecule has 17 heavy (non-hydrogen) atoms. The fraction of sp³-hybridized carbons (Fsp3) is 0.846. The Morgan fingerprint density at radius 3 is 2.24 bits per heavy atom. The van der Waals surface area contributed by atoms with Gasteiger partial charge in [-0.2, -0.15) is 0 Å². The Kier molecular flexibility index (Phi) is 2.11. The average molecular weight is 237 g/mol. The minimum Gasteiger partial charge on any atom is -0.481 e. The highest BCUT2D eigenvalue weighted by Crippen LogP contribution is 2.61. The number of hydrogen-bond donors (Lipinski definition) is 2. The van der Waals surface area contributed by atoms with Crippen LogP contribution in [0.25, 0.3) is 0 Å². The zero-order valence-corrected chi connectivity index (χ0v) is 10.2. The Morgan fingerprint density at radius 1 is 1.18 bits per heavy atom. The van der Waals surface area contributed by atoms with Crippen LogP contribution in [0.5, 0.6) is 0 Å². The van der Waals surface area contributed by atoms with E-state index in [0.717, 1.165) is 32.1 Å². The Hall–Kier alpha value is -1.06. The van der Waals surface area contributed by atoms with Gasteiger partial charge >= 0.3 is 5.97 Å². The first-order valence-corrected chi connectivity index (χ1v) is 6.45. The van der Waals surface area contributed by atoms with Gasteiger partial charge in [-0.1, -0.05) is 0 Å². The van der Waals surface area contributed by atoms with Gasteiger partial charge in [0, 0.05) is 12.5 Å². The summed E-state index contributed by atoms with van der Waals surface area (Å²) in [7, 11) is 0. The second-order valence-corrected chi connectivity index (χ2v) is 6.51. The van der Waals surface area contributed by atoms with Gasteiger partial charge in [-0.15, -0.1) is 0 Å². The molecule has 4 saturated carbocycles. The number of nitrogens with one attached hydrogen (secondary N) is 1. The Morgan fingerprint density at radius 2 is 1.76 bits per heavy atom. The summed E-state index contributed by atoms with van der Waals surface area (Å²) >= 11 is 0. The van der Waals surface area contributed by atoms with Crippen LogP contribution in [-0.4, -0.2) is 22.5 Å². The summed E-state index contributed by atoms with van der Waals surface area (Å²) in [6.45, 7) is 1.53. The standard InChI is InChI=1S/C13H19NO3/c1-8(15)14-13-5-9-2-10(6-13)4-12(3-9,7-13)11(16)17/h9-10H,2-7H2,1H3,(H,14,15)(H,16,17)/t9-,10-,12?,13?/m1/s1. The van der Waals surface area contributed by atoms with E-state index in [-0.39, 0.29) is 11.4 Å². The van der Waals surface area contributed by atoms with E-state index in [1.54, 1.807) is 0 Å². The normalized spacial score (nSPS) is 46.9. The van der Waals surface area contributed by atoms with Crippen LogP contribution in [0.1, 0.15) is 45.4 Å². The lowest BCUT2D eigenvalue weighted by atomic mass is 9.47.